The predicted molar refractivity (Wildman–Crippen MR) is 96.9 cm³/mol. The van der Waals surface area contributed by atoms with Crippen LogP contribution in [0.25, 0.3) is 21.6 Å². The van der Waals surface area contributed by atoms with Gasteiger partial charge in [-0.3, -0.25) is 0 Å². The van der Waals surface area contributed by atoms with Gasteiger partial charge in [0.15, 0.2) is 0 Å². The molecule has 0 aliphatic carbocycles. The fourth-order valence-electron chi connectivity index (χ4n) is 2.63. The maximum Gasteiger partial charge on any atom is 0.117 e. The Kier molecular flexibility index (Phi) is 4.32. The second-order valence-electron chi connectivity index (χ2n) is 5.20. The molecule has 2 nitrogen and oxygen atoms in total. The van der Waals surface area contributed by atoms with Gasteiger partial charge in [0.1, 0.15) is 5.16 Å². The summed E-state index contributed by atoms with van der Waals surface area (Å²) in [7, 11) is 0. The Bertz CT molecular complexity index is 927. The topological polar surface area (TPSA) is 28.7 Å². The monoisotopic (exact) mass is 318 g/mol. The minimum atomic E-state index is 0.643. The lowest BCUT2D eigenvalue weighted by Crippen LogP contribution is -1.95. The molecule has 0 unspecified atom stereocenters. The zero-order valence-corrected chi connectivity index (χ0v) is 13.3. The first-order chi connectivity index (χ1) is 11.2. The Hall–Kier alpha value is -2.76. The zero-order valence-electron chi connectivity index (χ0n) is 12.5. The van der Waals surface area contributed by atoms with Gasteiger partial charge in [-0.05, 0) is 41.8 Å². The SMILES string of the molecule is C=CC/C(=C(\Cl)n1ccc2cc(C#N)ccc21)c1ccccc1. The standard InChI is InChI=1S/C20H15ClN2/c1-2-6-18(16-7-4-3-5-8-16)20(21)23-12-11-17-13-15(14-22)9-10-19(17)23/h2-5,7-13H,1,6H2/b20-18-. The highest BCUT2D eigenvalue weighted by Crippen LogP contribution is 2.31. The Labute approximate surface area is 140 Å². The van der Waals surface area contributed by atoms with Gasteiger partial charge in [-0.2, -0.15) is 5.26 Å². The molecular weight excluding hydrogens is 304 g/mol. The summed E-state index contributed by atoms with van der Waals surface area (Å²) in [5, 5.41) is 10.7. The van der Waals surface area contributed by atoms with Crippen molar-refractivity contribution in [3.8, 4) is 6.07 Å². The van der Waals surface area contributed by atoms with E-state index in [0.29, 0.717) is 17.1 Å². The van der Waals surface area contributed by atoms with E-state index in [1.807, 2.05) is 65.4 Å². The second kappa shape index (κ2) is 6.56. The molecule has 1 aromatic heterocycles. The molecule has 0 atom stereocenters. The van der Waals surface area contributed by atoms with Crippen molar-refractivity contribution in [1.29, 1.82) is 5.26 Å². The lowest BCUT2D eigenvalue weighted by Gasteiger charge is -2.12. The summed E-state index contributed by atoms with van der Waals surface area (Å²) in [5.74, 6) is 0. The molecule has 0 N–H and O–H groups in total. The summed E-state index contributed by atoms with van der Waals surface area (Å²) in [6.07, 6.45) is 4.46. The molecular formula is C20H15ClN2. The van der Waals surface area contributed by atoms with Crippen LogP contribution in [-0.4, -0.2) is 4.57 Å². The molecule has 0 saturated carbocycles. The lowest BCUT2D eigenvalue weighted by atomic mass is 10.0. The van der Waals surface area contributed by atoms with Crippen LogP contribution in [0.1, 0.15) is 17.5 Å². The Morgan fingerprint density at radius 1 is 1.17 bits per heavy atom. The van der Waals surface area contributed by atoms with Crippen LogP contribution in [0, 0.1) is 11.3 Å². The molecule has 3 rings (SSSR count). The highest BCUT2D eigenvalue weighted by Gasteiger charge is 2.11. The minimum absolute atomic E-state index is 0.643. The van der Waals surface area contributed by atoms with Crippen molar-refractivity contribution >= 4 is 33.2 Å². The van der Waals surface area contributed by atoms with E-state index in [1.165, 1.54) is 0 Å². The number of nitrogens with zero attached hydrogens (tertiary/aromatic N) is 2. The molecule has 112 valence electrons. The molecule has 0 radical (unpaired) electrons. The third-order valence-corrected chi connectivity index (χ3v) is 4.16. The van der Waals surface area contributed by atoms with Crippen molar-refractivity contribution in [2.45, 2.75) is 6.42 Å². The van der Waals surface area contributed by atoms with E-state index in [-0.39, 0.29) is 0 Å². The van der Waals surface area contributed by atoms with Gasteiger partial charge in [-0.1, -0.05) is 48.0 Å². The molecule has 0 bridgehead atoms. The third-order valence-electron chi connectivity index (χ3n) is 3.75. The van der Waals surface area contributed by atoms with Crippen molar-refractivity contribution < 1.29 is 0 Å². The van der Waals surface area contributed by atoms with Crippen LogP contribution in [-0.2, 0) is 0 Å². The van der Waals surface area contributed by atoms with Gasteiger partial charge in [0.25, 0.3) is 0 Å². The highest BCUT2D eigenvalue weighted by atomic mass is 35.5. The largest absolute Gasteiger partial charge is 0.307 e. The third kappa shape index (κ3) is 2.92. The zero-order chi connectivity index (χ0) is 16.2. The Balaban J connectivity index is 2.18. The number of fused-ring (bicyclic) bond motifs is 1. The van der Waals surface area contributed by atoms with Crippen LogP contribution in [0.5, 0.6) is 0 Å². The number of halogens is 1. The van der Waals surface area contributed by atoms with E-state index in [1.54, 1.807) is 6.07 Å². The van der Waals surface area contributed by atoms with Crippen LogP contribution in [0.4, 0.5) is 0 Å². The van der Waals surface area contributed by atoms with Crippen LogP contribution >= 0.6 is 11.6 Å². The van der Waals surface area contributed by atoms with Gasteiger partial charge in [-0.15, -0.1) is 6.58 Å². The predicted octanol–water partition coefficient (Wildman–Crippen LogP) is 5.65. The molecule has 0 aliphatic heterocycles. The van der Waals surface area contributed by atoms with Crippen molar-refractivity contribution in [2.24, 2.45) is 0 Å². The second-order valence-corrected chi connectivity index (χ2v) is 5.56. The molecule has 2 aromatic carbocycles. The van der Waals surface area contributed by atoms with Crippen molar-refractivity contribution in [1.82, 2.24) is 4.57 Å². The average molecular weight is 319 g/mol. The van der Waals surface area contributed by atoms with Gasteiger partial charge < -0.3 is 4.57 Å². The molecule has 0 saturated heterocycles. The first kappa shape index (κ1) is 15.1. The van der Waals surface area contributed by atoms with Crippen LogP contribution in [0.15, 0.2) is 73.4 Å². The number of benzene rings is 2. The molecule has 3 aromatic rings. The lowest BCUT2D eigenvalue weighted by molar-refractivity contribution is 1.20. The fraction of sp³-hybridized carbons (Fsp3) is 0.0500. The molecule has 23 heavy (non-hydrogen) atoms. The molecule has 1 heterocycles. The summed E-state index contributed by atoms with van der Waals surface area (Å²) in [6, 6.07) is 19.8. The van der Waals surface area contributed by atoms with Crippen LogP contribution in [0.2, 0.25) is 0 Å². The van der Waals surface area contributed by atoms with E-state index >= 15 is 0 Å². The fourth-order valence-corrected chi connectivity index (χ4v) is 2.97. The minimum Gasteiger partial charge on any atom is -0.307 e. The van der Waals surface area contributed by atoms with Crippen molar-refractivity contribution in [3.05, 3.63) is 84.6 Å². The van der Waals surface area contributed by atoms with Crippen LogP contribution in [0.3, 0.4) is 0 Å². The highest BCUT2D eigenvalue weighted by molar-refractivity contribution is 6.49. The molecule has 0 amide bonds. The van der Waals surface area contributed by atoms with Gasteiger partial charge in [0.2, 0.25) is 0 Å². The smallest absolute Gasteiger partial charge is 0.117 e. The summed E-state index contributed by atoms with van der Waals surface area (Å²) < 4.78 is 1.95. The van der Waals surface area contributed by atoms with Gasteiger partial charge in [0.05, 0.1) is 17.1 Å². The number of allylic oxidation sites excluding steroid dienone is 2. The summed E-state index contributed by atoms with van der Waals surface area (Å²) in [6.45, 7) is 3.84. The van der Waals surface area contributed by atoms with Gasteiger partial charge >= 0.3 is 0 Å². The van der Waals surface area contributed by atoms with Crippen LogP contribution < -0.4 is 0 Å². The Morgan fingerprint density at radius 3 is 2.65 bits per heavy atom. The Morgan fingerprint density at radius 2 is 1.96 bits per heavy atom. The number of rotatable bonds is 4. The first-order valence-electron chi connectivity index (χ1n) is 7.31. The van der Waals surface area contributed by atoms with Crippen molar-refractivity contribution in [3.63, 3.8) is 0 Å². The normalized spacial score (nSPS) is 11.8. The molecule has 3 heteroatoms. The molecule has 0 aliphatic rings. The number of hydrogen-bond acceptors (Lipinski definition) is 1. The van der Waals surface area contributed by atoms with E-state index in [2.05, 4.69) is 12.6 Å². The summed E-state index contributed by atoms with van der Waals surface area (Å²) in [5.41, 5.74) is 3.72. The van der Waals surface area contributed by atoms with Gasteiger partial charge in [0, 0.05) is 11.6 Å². The van der Waals surface area contributed by atoms with Crippen molar-refractivity contribution in [2.75, 3.05) is 0 Å². The van der Waals surface area contributed by atoms with E-state index in [4.69, 9.17) is 16.9 Å². The quantitative estimate of drug-likeness (QED) is 0.571. The maximum atomic E-state index is 9.02. The number of nitriles is 1. The number of aromatic nitrogens is 1. The first-order valence-corrected chi connectivity index (χ1v) is 7.69. The molecule has 0 fully saturated rings. The van der Waals surface area contributed by atoms with E-state index < -0.39 is 0 Å². The summed E-state index contributed by atoms with van der Waals surface area (Å²) in [4.78, 5) is 0. The maximum absolute atomic E-state index is 9.02. The van der Waals surface area contributed by atoms with E-state index in [9.17, 15) is 0 Å². The number of hydrogen-bond donors (Lipinski definition) is 0. The van der Waals surface area contributed by atoms with Gasteiger partial charge in [-0.25, -0.2) is 0 Å². The van der Waals surface area contributed by atoms with E-state index in [0.717, 1.165) is 22.0 Å². The average Bonchev–Trinajstić information content (AvgIpc) is 3.02. The molecule has 0 spiro atoms. The summed E-state index contributed by atoms with van der Waals surface area (Å²) >= 11 is 6.71.